The molecule has 0 aliphatic heterocycles. The molecule has 0 amide bonds. The molecule has 0 aliphatic rings. The molecule has 0 spiro atoms. The molecule has 0 saturated heterocycles. The van der Waals surface area contributed by atoms with Crippen LogP contribution in [-0.2, 0) is 9.68 Å². The van der Waals surface area contributed by atoms with E-state index in [1.165, 1.54) is 0 Å². The van der Waals surface area contributed by atoms with Gasteiger partial charge in [-0.1, -0.05) is 43.0 Å². The lowest BCUT2D eigenvalue weighted by molar-refractivity contribution is -0.207. The normalized spacial score (nSPS) is 9.94. The molecule has 17 heavy (non-hydrogen) atoms. The van der Waals surface area contributed by atoms with E-state index in [0.29, 0.717) is 11.3 Å². The molecule has 0 fully saturated rings. The molecule has 0 radical (unpaired) electrons. The van der Waals surface area contributed by atoms with Gasteiger partial charge in [-0.05, 0) is 18.4 Å². The Morgan fingerprint density at radius 3 is 2.59 bits per heavy atom. The van der Waals surface area contributed by atoms with E-state index in [9.17, 15) is 4.79 Å². The van der Waals surface area contributed by atoms with Gasteiger partial charge in [-0.3, -0.25) is 4.89 Å². The third-order valence-corrected chi connectivity index (χ3v) is 2.31. The maximum Gasteiger partial charge on any atom is 0.381 e. The lowest BCUT2D eigenvalue weighted by Gasteiger charge is -2.06. The third-order valence-electron chi connectivity index (χ3n) is 2.31. The van der Waals surface area contributed by atoms with Crippen LogP contribution < -0.4 is 4.89 Å². The molecule has 0 N–H and O–H groups in total. The minimum Gasteiger partial charge on any atom is -0.286 e. The molecule has 86 valence electrons. The topological polar surface area (TPSA) is 35.5 Å². The van der Waals surface area contributed by atoms with E-state index < -0.39 is 5.97 Å². The summed E-state index contributed by atoms with van der Waals surface area (Å²) in [5.74, 6) is -0.0596. The lowest BCUT2D eigenvalue weighted by Crippen LogP contribution is -2.08. The van der Waals surface area contributed by atoms with E-state index >= 15 is 0 Å². The Morgan fingerprint density at radius 1 is 1.12 bits per heavy atom. The highest BCUT2D eigenvalue weighted by molar-refractivity contribution is 5.89. The maximum absolute atomic E-state index is 11.2. The second-order valence-corrected chi connectivity index (χ2v) is 3.71. The number of carbonyl (C=O) groups excluding carboxylic acids is 1. The summed E-state index contributed by atoms with van der Waals surface area (Å²) in [6.45, 7) is 5.04. The summed E-state index contributed by atoms with van der Waals surface area (Å²) in [5, 5.41) is 1.92. The summed E-state index contributed by atoms with van der Waals surface area (Å²) in [6, 6.07) is 13.2. The summed E-state index contributed by atoms with van der Waals surface area (Å²) >= 11 is 0. The van der Waals surface area contributed by atoms with Crippen molar-refractivity contribution in [1.82, 2.24) is 0 Å². The Balaban J connectivity index is 2.24. The van der Waals surface area contributed by atoms with Crippen LogP contribution in [-0.4, -0.2) is 5.97 Å². The highest BCUT2D eigenvalue weighted by Gasteiger charge is 2.07. The monoisotopic (exact) mass is 228 g/mol. The Kier molecular flexibility index (Phi) is 3.10. The van der Waals surface area contributed by atoms with Gasteiger partial charge in [0, 0.05) is 11.0 Å². The zero-order valence-electron chi connectivity index (χ0n) is 9.47. The highest BCUT2D eigenvalue weighted by atomic mass is 17.2. The van der Waals surface area contributed by atoms with Gasteiger partial charge in [-0.15, -0.1) is 0 Å². The van der Waals surface area contributed by atoms with Gasteiger partial charge in [-0.2, -0.15) is 0 Å². The summed E-state index contributed by atoms with van der Waals surface area (Å²) in [7, 11) is 0. The molecule has 0 saturated carbocycles. The van der Waals surface area contributed by atoms with Crippen molar-refractivity contribution >= 4 is 16.7 Å². The van der Waals surface area contributed by atoms with Gasteiger partial charge in [0.25, 0.3) is 0 Å². The smallest absolute Gasteiger partial charge is 0.286 e. The SMILES string of the molecule is C=C(C)C(=O)OOc1cccc2ccccc12. The third kappa shape index (κ3) is 2.45. The number of hydrogen-bond acceptors (Lipinski definition) is 3. The lowest BCUT2D eigenvalue weighted by atomic mass is 10.1. The average Bonchev–Trinajstić information content (AvgIpc) is 2.35. The molecule has 0 atom stereocenters. The van der Waals surface area contributed by atoms with Crippen molar-refractivity contribution in [2.75, 3.05) is 0 Å². The largest absolute Gasteiger partial charge is 0.381 e. The van der Waals surface area contributed by atoms with Gasteiger partial charge < -0.3 is 0 Å². The standard InChI is InChI=1S/C14H12O3/c1-10(2)14(15)17-16-13-9-5-7-11-6-3-4-8-12(11)13/h3-9H,1H2,2H3. The first-order valence-electron chi connectivity index (χ1n) is 5.20. The molecular formula is C14H12O3. The molecule has 0 heterocycles. The first-order valence-corrected chi connectivity index (χ1v) is 5.20. The van der Waals surface area contributed by atoms with E-state index in [1.54, 1.807) is 13.0 Å². The van der Waals surface area contributed by atoms with Crippen LogP contribution in [0.15, 0.2) is 54.6 Å². The van der Waals surface area contributed by atoms with Crippen molar-refractivity contribution in [1.29, 1.82) is 0 Å². The molecule has 0 unspecified atom stereocenters. The Morgan fingerprint density at radius 2 is 1.82 bits per heavy atom. The van der Waals surface area contributed by atoms with Crippen LogP contribution in [0.5, 0.6) is 5.75 Å². The van der Waals surface area contributed by atoms with Gasteiger partial charge in [-0.25, -0.2) is 9.68 Å². The van der Waals surface area contributed by atoms with Crippen molar-refractivity contribution < 1.29 is 14.6 Å². The van der Waals surface area contributed by atoms with Gasteiger partial charge >= 0.3 is 5.97 Å². The van der Waals surface area contributed by atoms with Crippen LogP contribution in [0.1, 0.15) is 6.92 Å². The number of rotatable bonds is 3. The van der Waals surface area contributed by atoms with Crippen LogP contribution >= 0.6 is 0 Å². The minimum absolute atomic E-state index is 0.297. The van der Waals surface area contributed by atoms with Crippen LogP contribution in [0, 0.1) is 0 Å². The van der Waals surface area contributed by atoms with Crippen molar-refractivity contribution in [3.8, 4) is 5.75 Å². The van der Waals surface area contributed by atoms with E-state index in [4.69, 9.17) is 4.89 Å². The van der Waals surface area contributed by atoms with E-state index in [-0.39, 0.29) is 0 Å². The average molecular weight is 228 g/mol. The molecule has 2 aromatic carbocycles. The highest BCUT2D eigenvalue weighted by Crippen LogP contribution is 2.25. The second-order valence-electron chi connectivity index (χ2n) is 3.71. The van der Waals surface area contributed by atoms with Gasteiger partial charge in [0.05, 0.1) is 0 Å². The first-order chi connectivity index (χ1) is 8.18. The molecule has 2 rings (SSSR count). The fraction of sp³-hybridized carbons (Fsp3) is 0.0714. The van der Waals surface area contributed by atoms with Crippen LogP contribution in [0.2, 0.25) is 0 Å². The van der Waals surface area contributed by atoms with Gasteiger partial charge in [0.15, 0.2) is 5.75 Å². The molecule has 0 aromatic heterocycles. The molecule has 2 aromatic rings. The van der Waals surface area contributed by atoms with E-state index in [0.717, 1.165) is 10.8 Å². The predicted octanol–water partition coefficient (Wildman–Crippen LogP) is 3.25. The Bertz CT molecular complexity index is 567. The quantitative estimate of drug-likeness (QED) is 0.459. The molecule has 3 heteroatoms. The zero-order valence-corrected chi connectivity index (χ0v) is 9.47. The molecule has 3 nitrogen and oxygen atoms in total. The molecule has 0 bridgehead atoms. The van der Waals surface area contributed by atoms with Crippen molar-refractivity contribution in [3.05, 3.63) is 54.6 Å². The van der Waals surface area contributed by atoms with Crippen LogP contribution in [0.25, 0.3) is 10.8 Å². The van der Waals surface area contributed by atoms with Crippen molar-refractivity contribution in [2.45, 2.75) is 6.92 Å². The second kappa shape index (κ2) is 4.70. The number of fused-ring (bicyclic) bond motifs is 1. The van der Waals surface area contributed by atoms with Gasteiger partial charge in [0.1, 0.15) is 0 Å². The van der Waals surface area contributed by atoms with E-state index in [1.807, 2.05) is 36.4 Å². The molecule has 0 aliphatic carbocycles. The Labute approximate surface area is 99.2 Å². The summed E-state index contributed by atoms with van der Waals surface area (Å²) < 4.78 is 0. The first kappa shape index (κ1) is 11.2. The summed E-state index contributed by atoms with van der Waals surface area (Å²) in [5.41, 5.74) is 0.297. The minimum atomic E-state index is -0.571. The fourth-order valence-electron chi connectivity index (χ4n) is 1.42. The Hall–Kier alpha value is -2.29. The number of carbonyl (C=O) groups is 1. The fourth-order valence-corrected chi connectivity index (χ4v) is 1.42. The molecular weight excluding hydrogens is 216 g/mol. The van der Waals surface area contributed by atoms with Gasteiger partial charge in [0.2, 0.25) is 0 Å². The van der Waals surface area contributed by atoms with Crippen molar-refractivity contribution in [3.63, 3.8) is 0 Å². The summed E-state index contributed by atoms with van der Waals surface area (Å²) in [4.78, 5) is 20.9. The van der Waals surface area contributed by atoms with Crippen molar-refractivity contribution in [2.24, 2.45) is 0 Å². The van der Waals surface area contributed by atoms with Crippen LogP contribution in [0.3, 0.4) is 0 Å². The predicted molar refractivity (Wildman–Crippen MR) is 65.5 cm³/mol. The summed E-state index contributed by atoms with van der Waals surface area (Å²) in [6.07, 6.45) is 0. The maximum atomic E-state index is 11.2. The number of hydrogen-bond donors (Lipinski definition) is 0. The van der Waals surface area contributed by atoms with Crippen LogP contribution in [0.4, 0.5) is 0 Å². The van der Waals surface area contributed by atoms with E-state index in [2.05, 4.69) is 11.5 Å². The zero-order chi connectivity index (χ0) is 12.3. The number of benzene rings is 2.